The van der Waals surface area contributed by atoms with E-state index in [0.29, 0.717) is 12.2 Å². The summed E-state index contributed by atoms with van der Waals surface area (Å²) in [7, 11) is 0. The van der Waals surface area contributed by atoms with Crippen LogP contribution in [-0.4, -0.2) is 11.5 Å². The van der Waals surface area contributed by atoms with Crippen molar-refractivity contribution < 1.29 is 14.1 Å². The van der Waals surface area contributed by atoms with Crippen molar-refractivity contribution in [2.45, 2.75) is 6.92 Å². The van der Waals surface area contributed by atoms with Crippen molar-refractivity contribution in [3.63, 3.8) is 0 Å². The highest BCUT2D eigenvalue weighted by Crippen LogP contribution is 2.33. The lowest BCUT2D eigenvalue weighted by Gasteiger charge is -2.10. The fourth-order valence-corrected chi connectivity index (χ4v) is 1.94. The number of hydrogen-bond acceptors (Lipinski definition) is 4. The molecule has 0 fully saturated rings. The van der Waals surface area contributed by atoms with Crippen molar-refractivity contribution in [2.75, 3.05) is 11.9 Å². The van der Waals surface area contributed by atoms with E-state index in [2.05, 4.69) is 5.32 Å². The Morgan fingerprint density at radius 3 is 2.71 bits per heavy atom. The lowest BCUT2D eigenvalue weighted by molar-refractivity contribution is -0.384. The van der Waals surface area contributed by atoms with Crippen LogP contribution in [0.25, 0.3) is 0 Å². The SMILES string of the molecule is CCNc1cc(Oc2ccc(F)cc2Cl)cc([N+](=O)[O-])c1. The van der Waals surface area contributed by atoms with Crippen molar-refractivity contribution in [1.82, 2.24) is 0 Å². The summed E-state index contributed by atoms with van der Waals surface area (Å²) in [5.74, 6) is -0.0191. The van der Waals surface area contributed by atoms with Gasteiger partial charge in [0.05, 0.1) is 16.0 Å². The molecule has 0 saturated heterocycles. The lowest BCUT2D eigenvalue weighted by atomic mass is 10.2. The zero-order valence-corrected chi connectivity index (χ0v) is 11.9. The third-order valence-electron chi connectivity index (χ3n) is 2.60. The highest BCUT2D eigenvalue weighted by Gasteiger charge is 2.12. The van der Waals surface area contributed by atoms with Gasteiger partial charge < -0.3 is 10.1 Å². The molecule has 0 aliphatic rings. The van der Waals surface area contributed by atoms with Gasteiger partial charge in [0.1, 0.15) is 17.3 Å². The Bertz CT molecular complexity index is 679. The minimum absolute atomic E-state index is 0.0894. The zero-order chi connectivity index (χ0) is 15.4. The fraction of sp³-hybridized carbons (Fsp3) is 0.143. The average molecular weight is 311 g/mol. The van der Waals surface area contributed by atoms with Gasteiger partial charge >= 0.3 is 0 Å². The van der Waals surface area contributed by atoms with Crippen LogP contribution < -0.4 is 10.1 Å². The predicted octanol–water partition coefficient (Wildman–Crippen LogP) is 4.61. The maximum atomic E-state index is 13.0. The molecule has 0 unspecified atom stereocenters. The summed E-state index contributed by atoms with van der Waals surface area (Å²) in [6.45, 7) is 2.48. The number of halogens is 2. The maximum absolute atomic E-state index is 13.0. The minimum Gasteiger partial charge on any atom is -0.455 e. The van der Waals surface area contributed by atoms with Crippen LogP contribution in [0, 0.1) is 15.9 Å². The molecule has 0 spiro atoms. The first kappa shape index (κ1) is 15.1. The number of nitro groups is 1. The smallest absolute Gasteiger partial charge is 0.275 e. The summed E-state index contributed by atoms with van der Waals surface area (Å²) in [4.78, 5) is 10.4. The topological polar surface area (TPSA) is 64.4 Å². The Morgan fingerprint density at radius 1 is 1.33 bits per heavy atom. The molecule has 0 heterocycles. The molecule has 0 saturated carbocycles. The molecule has 2 aromatic rings. The van der Waals surface area contributed by atoms with Crippen molar-refractivity contribution in [2.24, 2.45) is 0 Å². The Kier molecular flexibility index (Phi) is 4.59. The molecule has 2 rings (SSSR count). The molecule has 110 valence electrons. The van der Waals surface area contributed by atoms with E-state index in [1.54, 1.807) is 6.07 Å². The molecule has 0 radical (unpaired) electrons. The molecule has 1 N–H and O–H groups in total. The van der Waals surface area contributed by atoms with Crippen LogP contribution in [-0.2, 0) is 0 Å². The number of nitrogens with zero attached hydrogens (tertiary/aromatic N) is 1. The quantitative estimate of drug-likeness (QED) is 0.647. The van der Waals surface area contributed by atoms with Crippen LogP contribution in [0.2, 0.25) is 5.02 Å². The van der Waals surface area contributed by atoms with Gasteiger partial charge in [0.15, 0.2) is 0 Å². The molecule has 0 amide bonds. The number of hydrogen-bond donors (Lipinski definition) is 1. The number of ether oxygens (including phenoxy) is 1. The van der Waals surface area contributed by atoms with Gasteiger partial charge in [-0.3, -0.25) is 10.1 Å². The molecule has 21 heavy (non-hydrogen) atoms. The van der Waals surface area contributed by atoms with Gasteiger partial charge in [-0.2, -0.15) is 0 Å². The van der Waals surface area contributed by atoms with E-state index >= 15 is 0 Å². The van der Waals surface area contributed by atoms with E-state index in [-0.39, 0.29) is 22.2 Å². The first-order valence-electron chi connectivity index (χ1n) is 6.16. The Balaban J connectivity index is 2.36. The van der Waals surface area contributed by atoms with Crippen LogP contribution in [0.4, 0.5) is 15.8 Å². The van der Waals surface area contributed by atoms with E-state index in [1.165, 1.54) is 24.3 Å². The predicted molar refractivity (Wildman–Crippen MR) is 78.7 cm³/mol. The minimum atomic E-state index is -0.514. The van der Waals surface area contributed by atoms with Gasteiger partial charge in [-0.1, -0.05) is 11.6 Å². The summed E-state index contributed by atoms with van der Waals surface area (Å²) < 4.78 is 18.5. The maximum Gasteiger partial charge on any atom is 0.275 e. The van der Waals surface area contributed by atoms with Crippen molar-refractivity contribution in [1.29, 1.82) is 0 Å². The lowest BCUT2D eigenvalue weighted by Crippen LogP contribution is -1.98. The Morgan fingerprint density at radius 2 is 2.10 bits per heavy atom. The van der Waals surface area contributed by atoms with Gasteiger partial charge in [-0.05, 0) is 25.1 Å². The molecular formula is C14H12ClFN2O3. The molecule has 7 heteroatoms. The highest BCUT2D eigenvalue weighted by molar-refractivity contribution is 6.32. The molecule has 5 nitrogen and oxygen atoms in total. The zero-order valence-electron chi connectivity index (χ0n) is 11.1. The number of anilines is 1. The number of non-ortho nitro benzene ring substituents is 1. The Hall–Kier alpha value is -2.34. The molecule has 0 atom stereocenters. The van der Waals surface area contributed by atoms with Gasteiger partial charge in [0.2, 0.25) is 0 Å². The second-order valence-electron chi connectivity index (χ2n) is 4.18. The number of nitrogens with one attached hydrogen (secondary N) is 1. The standard InChI is InChI=1S/C14H12ClFN2O3/c1-2-17-10-6-11(18(19)20)8-12(7-10)21-14-4-3-9(16)5-13(14)15/h3-8,17H,2H2,1H3. The van der Waals surface area contributed by atoms with E-state index in [9.17, 15) is 14.5 Å². The van der Waals surface area contributed by atoms with Gasteiger partial charge in [0, 0.05) is 24.4 Å². The second-order valence-corrected chi connectivity index (χ2v) is 4.59. The summed E-state index contributed by atoms with van der Waals surface area (Å²) in [6.07, 6.45) is 0. The summed E-state index contributed by atoms with van der Waals surface area (Å²) in [6, 6.07) is 7.96. The first-order valence-corrected chi connectivity index (χ1v) is 6.53. The third-order valence-corrected chi connectivity index (χ3v) is 2.90. The third kappa shape index (κ3) is 3.82. The van der Waals surface area contributed by atoms with Crippen LogP contribution in [0.1, 0.15) is 6.92 Å². The van der Waals surface area contributed by atoms with E-state index in [1.807, 2.05) is 6.92 Å². The molecule has 0 aliphatic carbocycles. The number of rotatable bonds is 5. The fourth-order valence-electron chi connectivity index (χ4n) is 1.74. The van der Waals surface area contributed by atoms with Crippen LogP contribution in [0.3, 0.4) is 0 Å². The first-order chi connectivity index (χ1) is 9.99. The van der Waals surface area contributed by atoms with E-state index in [0.717, 1.165) is 6.07 Å². The Labute approximate surface area is 125 Å². The summed E-state index contributed by atoms with van der Waals surface area (Å²) >= 11 is 5.87. The normalized spacial score (nSPS) is 10.2. The van der Waals surface area contributed by atoms with E-state index < -0.39 is 10.7 Å². The summed E-state index contributed by atoms with van der Waals surface area (Å²) in [5, 5.41) is 14.0. The van der Waals surface area contributed by atoms with Gasteiger partial charge in [-0.15, -0.1) is 0 Å². The number of benzene rings is 2. The van der Waals surface area contributed by atoms with Crippen LogP contribution in [0.5, 0.6) is 11.5 Å². The summed E-state index contributed by atoms with van der Waals surface area (Å²) in [5.41, 5.74) is 0.446. The van der Waals surface area contributed by atoms with Crippen molar-refractivity contribution in [3.8, 4) is 11.5 Å². The van der Waals surface area contributed by atoms with Crippen LogP contribution >= 0.6 is 11.6 Å². The molecular weight excluding hydrogens is 299 g/mol. The monoisotopic (exact) mass is 310 g/mol. The largest absolute Gasteiger partial charge is 0.455 e. The molecule has 0 bridgehead atoms. The van der Waals surface area contributed by atoms with Crippen LogP contribution in [0.15, 0.2) is 36.4 Å². The molecule has 2 aromatic carbocycles. The van der Waals surface area contributed by atoms with Crippen molar-refractivity contribution >= 4 is 23.0 Å². The van der Waals surface area contributed by atoms with E-state index in [4.69, 9.17) is 16.3 Å². The van der Waals surface area contributed by atoms with Gasteiger partial charge in [-0.25, -0.2) is 4.39 Å². The highest BCUT2D eigenvalue weighted by atomic mass is 35.5. The molecule has 0 aromatic heterocycles. The number of nitro benzene ring substituents is 1. The molecule has 0 aliphatic heterocycles. The van der Waals surface area contributed by atoms with Crippen molar-refractivity contribution in [3.05, 3.63) is 57.4 Å². The average Bonchev–Trinajstić information content (AvgIpc) is 2.42. The second kappa shape index (κ2) is 6.41. The van der Waals surface area contributed by atoms with Gasteiger partial charge in [0.25, 0.3) is 5.69 Å².